The molecule has 0 aromatic rings. The van der Waals surface area contributed by atoms with Gasteiger partial charge in [-0.25, -0.2) is 0 Å². The van der Waals surface area contributed by atoms with E-state index < -0.39 is 0 Å². The lowest BCUT2D eigenvalue weighted by molar-refractivity contribution is 0.00882. The molecular weight excluding hydrogens is 276 g/mol. The Balaban J connectivity index is 1.97. The van der Waals surface area contributed by atoms with Crippen LogP contribution in [0, 0.1) is 5.41 Å². The van der Waals surface area contributed by atoms with Gasteiger partial charge < -0.3 is 5.32 Å². The second kappa shape index (κ2) is 7.70. The predicted octanol–water partition coefficient (Wildman–Crippen LogP) is 4.15. The van der Waals surface area contributed by atoms with Gasteiger partial charge in [-0.15, -0.1) is 0 Å². The van der Waals surface area contributed by atoms with Crippen molar-refractivity contribution in [2.45, 2.75) is 77.8 Å². The van der Waals surface area contributed by atoms with Crippen LogP contribution in [0.3, 0.4) is 0 Å². The Morgan fingerprint density at radius 2 is 1.90 bits per heavy atom. The first-order valence-corrected chi connectivity index (χ1v) is 10.2. The van der Waals surface area contributed by atoms with E-state index >= 15 is 0 Å². The maximum absolute atomic E-state index is 3.98. The first-order chi connectivity index (χ1) is 9.97. The quantitative estimate of drug-likeness (QED) is 0.768. The van der Waals surface area contributed by atoms with E-state index in [2.05, 4.69) is 49.7 Å². The van der Waals surface area contributed by atoms with Crippen molar-refractivity contribution in [3.8, 4) is 0 Å². The molecule has 0 bridgehead atoms. The third-order valence-electron chi connectivity index (χ3n) is 5.37. The molecule has 21 heavy (non-hydrogen) atoms. The standard InChI is InChI=1S/C18H36N2S/c1-5-21-13-9-12-20-15-18(10-7-6-8-11-18)19-14-16(20)17(2,3)4/h16,19H,5-15H2,1-4H3. The summed E-state index contributed by atoms with van der Waals surface area (Å²) in [6, 6.07) is 0.691. The highest BCUT2D eigenvalue weighted by Crippen LogP contribution is 2.35. The molecule has 1 spiro atoms. The molecule has 124 valence electrons. The fourth-order valence-electron chi connectivity index (χ4n) is 4.16. The summed E-state index contributed by atoms with van der Waals surface area (Å²) in [5.41, 5.74) is 0.819. The largest absolute Gasteiger partial charge is 0.308 e. The highest BCUT2D eigenvalue weighted by molar-refractivity contribution is 7.99. The molecular formula is C18H36N2S. The van der Waals surface area contributed by atoms with E-state index in [9.17, 15) is 0 Å². The van der Waals surface area contributed by atoms with Gasteiger partial charge in [0.15, 0.2) is 0 Å². The second-order valence-electron chi connectivity index (χ2n) is 8.12. The zero-order chi connectivity index (χ0) is 15.3. The predicted molar refractivity (Wildman–Crippen MR) is 96.3 cm³/mol. The van der Waals surface area contributed by atoms with Crippen molar-refractivity contribution in [3.63, 3.8) is 0 Å². The smallest absolute Gasteiger partial charge is 0.0309 e. The summed E-state index contributed by atoms with van der Waals surface area (Å²) in [5, 5.41) is 3.98. The van der Waals surface area contributed by atoms with Gasteiger partial charge in [0.2, 0.25) is 0 Å². The van der Waals surface area contributed by atoms with Gasteiger partial charge in [0, 0.05) is 24.7 Å². The number of thioether (sulfide) groups is 1. The minimum absolute atomic E-state index is 0.376. The molecule has 0 aromatic heterocycles. The lowest BCUT2D eigenvalue weighted by Gasteiger charge is -2.53. The summed E-state index contributed by atoms with van der Waals surface area (Å²) < 4.78 is 0. The molecule has 1 aliphatic heterocycles. The van der Waals surface area contributed by atoms with E-state index in [1.165, 1.54) is 69.7 Å². The summed E-state index contributed by atoms with van der Waals surface area (Å²) in [7, 11) is 0. The van der Waals surface area contributed by atoms with Crippen molar-refractivity contribution in [2.24, 2.45) is 5.41 Å². The lowest BCUT2D eigenvalue weighted by atomic mass is 9.76. The third kappa shape index (κ3) is 4.87. The molecule has 0 radical (unpaired) electrons. The van der Waals surface area contributed by atoms with Crippen LogP contribution in [0.2, 0.25) is 0 Å². The Bertz CT molecular complexity index is 305. The molecule has 2 fully saturated rings. The first kappa shape index (κ1) is 17.6. The molecule has 2 rings (SSSR count). The van der Waals surface area contributed by atoms with Crippen LogP contribution in [0.15, 0.2) is 0 Å². The van der Waals surface area contributed by atoms with Gasteiger partial charge >= 0.3 is 0 Å². The van der Waals surface area contributed by atoms with Crippen LogP contribution in [0.1, 0.15) is 66.2 Å². The summed E-state index contributed by atoms with van der Waals surface area (Å²) in [4.78, 5) is 2.83. The SMILES string of the molecule is CCSCCCN1CC2(CCCCC2)NCC1C(C)(C)C. The highest BCUT2D eigenvalue weighted by atomic mass is 32.2. The van der Waals surface area contributed by atoms with E-state index in [1.54, 1.807) is 0 Å². The van der Waals surface area contributed by atoms with Crippen molar-refractivity contribution >= 4 is 11.8 Å². The molecule has 0 aromatic carbocycles. The van der Waals surface area contributed by atoms with Gasteiger partial charge in [-0.05, 0) is 42.7 Å². The van der Waals surface area contributed by atoms with E-state index in [4.69, 9.17) is 0 Å². The third-order valence-corrected chi connectivity index (χ3v) is 6.35. The zero-order valence-electron chi connectivity index (χ0n) is 14.7. The Labute approximate surface area is 136 Å². The number of nitrogens with zero attached hydrogens (tertiary/aromatic N) is 1. The minimum Gasteiger partial charge on any atom is -0.308 e. The van der Waals surface area contributed by atoms with Gasteiger partial charge in [0.1, 0.15) is 0 Å². The Morgan fingerprint density at radius 3 is 2.52 bits per heavy atom. The van der Waals surface area contributed by atoms with Crippen LogP contribution < -0.4 is 5.32 Å². The molecule has 0 amide bonds. The summed E-state index contributed by atoms with van der Waals surface area (Å²) in [6.07, 6.45) is 8.42. The topological polar surface area (TPSA) is 15.3 Å². The van der Waals surface area contributed by atoms with Gasteiger partial charge in [-0.3, -0.25) is 4.90 Å². The van der Waals surface area contributed by atoms with Crippen molar-refractivity contribution in [3.05, 3.63) is 0 Å². The molecule has 1 saturated heterocycles. The molecule has 3 heteroatoms. The van der Waals surface area contributed by atoms with Gasteiger partial charge in [-0.1, -0.05) is 47.0 Å². The average molecular weight is 313 g/mol. The molecule has 1 saturated carbocycles. The van der Waals surface area contributed by atoms with Crippen LogP contribution in [0.4, 0.5) is 0 Å². The Hall–Kier alpha value is 0.270. The van der Waals surface area contributed by atoms with Crippen LogP contribution in [-0.4, -0.2) is 47.6 Å². The fourth-order valence-corrected chi connectivity index (χ4v) is 4.79. The van der Waals surface area contributed by atoms with Gasteiger partial charge in [-0.2, -0.15) is 11.8 Å². The van der Waals surface area contributed by atoms with Crippen molar-refractivity contribution in [1.29, 1.82) is 0 Å². The van der Waals surface area contributed by atoms with E-state index in [1.807, 2.05) is 0 Å². The van der Waals surface area contributed by atoms with Crippen LogP contribution in [0.25, 0.3) is 0 Å². The minimum atomic E-state index is 0.376. The highest BCUT2D eigenvalue weighted by Gasteiger charge is 2.42. The first-order valence-electron chi connectivity index (χ1n) is 9.04. The molecule has 1 aliphatic carbocycles. The molecule has 1 atom stereocenters. The fraction of sp³-hybridized carbons (Fsp3) is 1.00. The summed E-state index contributed by atoms with van der Waals surface area (Å²) in [5.74, 6) is 2.58. The summed E-state index contributed by atoms with van der Waals surface area (Å²) in [6.45, 7) is 13.3. The van der Waals surface area contributed by atoms with E-state index in [0.717, 1.165) is 0 Å². The maximum Gasteiger partial charge on any atom is 0.0309 e. The van der Waals surface area contributed by atoms with Crippen molar-refractivity contribution in [1.82, 2.24) is 10.2 Å². The van der Waals surface area contributed by atoms with E-state index in [0.29, 0.717) is 17.0 Å². The Kier molecular flexibility index (Phi) is 6.46. The monoisotopic (exact) mass is 312 g/mol. The van der Waals surface area contributed by atoms with Crippen LogP contribution in [0.5, 0.6) is 0 Å². The lowest BCUT2D eigenvalue weighted by Crippen LogP contribution is -2.67. The summed E-state index contributed by atoms with van der Waals surface area (Å²) >= 11 is 2.09. The molecule has 1 unspecified atom stereocenters. The molecule has 2 nitrogen and oxygen atoms in total. The molecule has 1 heterocycles. The zero-order valence-corrected chi connectivity index (χ0v) is 15.5. The average Bonchev–Trinajstić information content (AvgIpc) is 2.43. The Morgan fingerprint density at radius 1 is 1.19 bits per heavy atom. The van der Waals surface area contributed by atoms with Gasteiger partial charge in [0.25, 0.3) is 0 Å². The van der Waals surface area contributed by atoms with Crippen molar-refractivity contribution in [2.75, 3.05) is 31.1 Å². The van der Waals surface area contributed by atoms with Crippen molar-refractivity contribution < 1.29 is 0 Å². The molecule has 1 N–H and O–H groups in total. The van der Waals surface area contributed by atoms with E-state index in [-0.39, 0.29) is 0 Å². The second-order valence-corrected chi connectivity index (χ2v) is 9.52. The number of piperazine rings is 1. The number of hydrogen-bond acceptors (Lipinski definition) is 3. The number of nitrogens with one attached hydrogen (secondary N) is 1. The maximum atomic E-state index is 3.98. The molecule has 2 aliphatic rings. The van der Waals surface area contributed by atoms with Gasteiger partial charge in [0.05, 0.1) is 0 Å². The number of rotatable bonds is 5. The van der Waals surface area contributed by atoms with Crippen LogP contribution >= 0.6 is 11.8 Å². The van der Waals surface area contributed by atoms with Crippen LogP contribution in [-0.2, 0) is 0 Å². The normalized spacial score (nSPS) is 27.1. The number of hydrogen-bond donors (Lipinski definition) is 1.